The van der Waals surface area contributed by atoms with Crippen LogP contribution in [-0.4, -0.2) is 17.1 Å². The monoisotopic (exact) mass is 345 g/mol. The van der Waals surface area contributed by atoms with E-state index in [9.17, 15) is 9.59 Å². The molecular weight excluding hydrogens is 322 g/mol. The van der Waals surface area contributed by atoms with Gasteiger partial charge in [0, 0.05) is 11.3 Å². The molecule has 0 aliphatic heterocycles. The van der Waals surface area contributed by atoms with Crippen LogP contribution in [0.4, 0.5) is 0 Å². The van der Waals surface area contributed by atoms with Crippen LogP contribution >= 0.6 is 0 Å². The van der Waals surface area contributed by atoms with Gasteiger partial charge in [-0.15, -0.1) is 0 Å². The maximum Gasteiger partial charge on any atom is 0.215 e. The van der Waals surface area contributed by atoms with Gasteiger partial charge in [0.25, 0.3) is 0 Å². The summed E-state index contributed by atoms with van der Waals surface area (Å²) < 4.78 is 0. The largest absolute Gasteiger partial charge is 0.300 e. The molecule has 2 rings (SSSR count). The third-order valence-electron chi connectivity index (χ3n) is 4.33. The van der Waals surface area contributed by atoms with Crippen LogP contribution in [0.15, 0.2) is 85.6 Å². The number of Topliss-reactive ketones (excluding diaryl/α,β-unsaturated/α-hetero) is 1. The van der Waals surface area contributed by atoms with Gasteiger partial charge in [-0.2, -0.15) is 0 Å². The highest BCUT2D eigenvalue weighted by molar-refractivity contribution is 6.03. The predicted octanol–water partition coefficient (Wildman–Crippen LogP) is 4.94. The molecule has 1 atom stereocenters. The topological polar surface area (TPSA) is 37.4 Å². The van der Waals surface area contributed by atoms with Gasteiger partial charge in [0.15, 0.2) is 5.78 Å². The molecule has 2 aromatic carbocycles. The Bertz CT molecular complexity index is 864. The fraction of sp³-hybridized carbons (Fsp3) is 0.130. The lowest BCUT2D eigenvalue weighted by Crippen LogP contribution is -2.33. The smallest absolute Gasteiger partial charge is 0.215 e. The Morgan fingerprint density at radius 3 is 2.15 bits per heavy atom. The van der Waals surface area contributed by atoms with Crippen molar-refractivity contribution in [1.29, 1.82) is 0 Å². The molecule has 0 N–H and O–H groups in total. The maximum atomic E-state index is 13.5. The molecule has 1 amide bonds. The second kappa shape index (κ2) is 8.77. The molecule has 3 nitrogen and oxygen atoms in total. The van der Waals surface area contributed by atoms with E-state index in [-0.39, 0.29) is 5.78 Å². The first-order chi connectivity index (χ1) is 12.5. The normalized spacial score (nSPS) is 12.2. The van der Waals surface area contributed by atoms with Gasteiger partial charge in [-0.25, -0.2) is 0 Å². The van der Waals surface area contributed by atoms with Crippen molar-refractivity contribution in [2.45, 2.75) is 19.9 Å². The highest BCUT2D eigenvalue weighted by atomic mass is 16.1. The molecule has 0 heterocycles. The van der Waals surface area contributed by atoms with Crippen LogP contribution < -0.4 is 0 Å². The molecule has 132 valence electrons. The Kier molecular flexibility index (Phi) is 6.45. The molecule has 26 heavy (non-hydrogen) atoms. The first kappa shape index (κ1) is 19.1. The SMILES string of the molecule is C=C/C=C(\C=C)N(C=O)C(C(=O)c1ccccc1C)c1ccccc1C. The number of allylic oxidation sites excluding steroid dienone is 3. The van der Waals surface area contributed by atoms with Crippen molar-refractivity contribution in [1.82, 2.24) is 4.90 Å². The third kappa shape index (κ3) is 3.89. The Morgan fingerprint density at radius 1 is 1.00 bits per heavy atom. The van der Waals surface area contributed by atoms with Gasteiger partial charge in [-0.1, -0.05) is 67.8 Å². The first-order valence-corrected chi connectivity index (χ1v) is 8.39. The van der Waals surface area contributed by atoms with E-state index in [1.807, 2.05) is 56.3 Å². The van der Waals surface area contributed by atoms with Crippen molar-refractivity contribution < 1.29 is 9.59 Å². The zero-order valence-corrected chi connectivity index (χ0v) is 15.2. The number of carbonyl (C=O) groups is 2. The summed E-state index contributed by atoms with van der Waals surface area (Å²) in [7, 11) is 0. The number of ketones is 1. The Balaban J connectivity index is 2.68. The van der Waals surface area contributed by atoms with E-state index >= 15 is 0 Å². The van der Waals surface area contributed by atoms with E-state index in [2.05, 4.69) is 13.2 Å². The predicted molar refractivity (Wildman–Crippen MR) is 106 cm³/mol. The summed E-state index contributed by atoms with van der Waals surface area (Å²) in [4.78, 5) is 26.8. The first-order valence-electron chi connectivity index (χ1n) is 8.39. The van der Waals surface area contributed by atoms with E-state index in [0.29, 0.717) is 17.7 Å². The van der Waals surface area contributed by atoms with E-state index in [1.165, 1.54) is 4.90 Å². The summed E-state index contributed by atoms with van der Waals surface area (Å²) in [5, 5.41) is 0. The summed E-state index contributed by atoms with van der Waals surface area (Å²) >= 11 is 0. The summed E-state index contributed by atoms with van der Waals surface area (Å²) in [6, 6.07) is 14.2. The number of amides is 1. The van der Waals surface area contributed by atoms with Crippen LogP contribution in [0.2, 0.25) is 0 Å². The molecule has 3 heteroatoms. The number of hydrogen-bond acceptors (Lipinski definition) is 2. The zero-order chi connectivity index (χ0) is 19.1. The standard InChI is InChI=1S/C23H23NO2/c1-5-11-19(6-2)24(16-25)22(20-14-9-7-12-17(20)3)23(26)21-15-10-8-13-18(21)4/h5-16,22H,1-2H2,3-4H3/b19-11+. The zero-order valence-electron chi connectivity index (χ0n) is 15.2. The number of rotatable bonds is 8. The van der Waals surface area contributed by atoms with E-state index < -0.39 is 6.04 Å². The van der Waals surface area contributed by atoms with Gasteiger partial charge in [0.2, 0.25) is 6.41 Å². The fourth-order valence-electron chi connectivity index (χ4n) is 2.96. The molecule has 2 aromatic rings. The molecule has 0 saturated heterocycles. The van der Waals surface area contributed by atoms with Gasteiger partial charge >= 0.3 is 0 Å². The average molecular weight is 345 g/mol. The van der Waals surface area contributed by atoms with E-state index in [1.54, 1.807) is 24.3 Å². The highest BCUT2D eigenvalue weighted by Gasteiger charge is 2.31. The summed E-state index contributed by atoms with van der Waals surface area (Å²) in [6.07, 6.45) is 5.45. The lowest BCUT2D eigenvalue weighted by molar-refractivity contribution is -0.117. The van der Waals surface area contributed by atoms with Crippen molar-refractivity contribution in [3.8, 4) is 0 Å². The van der Waals surface area contributed by atoms with Crippen LogP contribution in [0.25, 0.3) is 0 Å². The van der Waals surface area contributed by atoms with Gasteiger partial charge in [0.05, 0.1) is 0 Å². The molecular formula is C23H23NO2. The molecule has 0 aliphatic carbocycles. The lowest BCUT2D eigenvalue weighted by atomic mass is 9.91. The second-order valence-corrected chi connectivity index (χ2v) is 5.98. The minimum atomic E-state index is -0.779. The average Bonchev–Trinajstić information content (AvgIpc) is 2.65. The van der Waals surface area contributed by atoms with Crippen molar-refractivity contribution in [3.05, 3.63) is 108 Å². The summed E-state index contributed by atoms with van der Waals surface area (Å²) in [5.74, 6) is -0.138. The summed E-state index contributed by atoms with van der Waals surface area (Å²) in [6.45, 7) is 11.3. The fourth-order valence-corrected chi connectivity index (χ4v) is 2.96. The van der Waals surface area contributed by atoms with Gasteiger partial charge < -0.3 is 0 Å². The second-order valence-electron chi connectivity index (χ2n) is 5.98. The number of benzene rings is 2. The quantitative estimate of drug-likeness (QED) is 0.386. The minimum Gasteiger partial charge on any atom is -0.300 e. The molecule has 0 spiro atoms. The number of hydrogen-bond donors (Lipinski definition) is 0. The Hall–Kier alpha value is -3.20. The van der Waals surface area contributed by atoms with E-state index in [0.717, 1.165) is 16.7 Å². The van der Waals surface area contributed by atoms with Crippen LogP contribution in [0.1, 0.15) is 33.1 Å². The van der Waals surface area contributed by atoms with Gasteiger partial charge in [-0.05, 0) is 42.7 Å². The van der Waals surface area contributed by atoms with Crippen LogP contribution in [0.3, 0.4) is 0 Å². The molecule has 0 aliphatic rings. The van der Waals surface area contributed by atoms with Gasteiger partial charge in [-0.3, -0.25) is 14.5 Å². The molecule has 0 fully saturated rings. The third-order valence-corrected chi connectivity index (χ3v) is 4.33. The number of aryl methyl sites for hydroxylation is 2. The molecule has 1 unspecified atom stereocenters. The maximum absolute atomic E-state index is 13.5. The van der Waals surface area contributed by atoms with Gasteiger partial charge in [0.1, 0.15) is 6.04 Å². The molecule has 0 aromatic heterocycles. The molecule has 0 bridgehead atoms. The summed E-state index contributed by atoms with van der Waals surface area (Å²) in [5.41, 5.74) is 3.70. The molecule has 0 radical (unpaired) electrons. The van der Waals surface area contributed by atoms with E-state index in [4.69, 9.17) is 0 Å². The minimum absolute atomic E-state index is 0.138. The highest BCUT2D eigenvalue weighted by Crippen LogP contribution is 2.30. The number of nitrogens with zero attached hydrogens (tertiary/aromatic N) is 1. The lowest BCUT2D eigenvalue weighted by Gasteiger charge is -2.30. The Labute approximate surface area is 155 Å². The van der Waals surface area contributed by atoms with Crippen LogP contribution in [0.5, 0.6) is 0 Å². The van der Waals surface area contributed by atoms with Crippen molar-refractivity contribution in [3.63, 3.8) is 0 Å². The van der Waals surface area contributed by atoms with Crippen molar-refractivity contribution in [2.75, 3.05) is 0 Å². The van der Waals surface area contributed by atoms with Crippen molar-refractivity contribution >= 4 is 12.2 Å². The van der Waals surface area contributed by atoms with Crippen molar-refractivity contribution in [2.24, 2.45) is 0 Å². The Morgan fingerprint density at radius 2 is 1.62 bits per heavy atom. The molecule has 0 saturated carbocycles. The van der Waals surface area contributed by atoms with Crippen LogP contribution in [-0.2, 0) is 4.79 Å². The van der Waals surface area contributed by atoms with Crippen LogP contribution in [0, 0.1) is 13.8 Å². The number of carbonyl (C=O) groups excluding carboxylic acids is 2.